The van der Waals surface area contributed by atoms with Crippen LogP contribution in [0.1, 0.15) is 44.6 Å². The number of amides is 1. The molecule has 0 spiro atoms. The Bertz CT molecular complexity index is 559. The zero-order valence-electron chi connectivity index (χ0n) is 13.7. The van der Waals surface area contributed by atoms with Crippen LogP contribution in [-0.2, 0) is 15.1 Å². The van der Waals surface area contributed by atoms with Crippen LogP contribution in [0.5, 0.6) is 5.75 Å². The first-order valence-electron chi connectivity index (χ1n) is 8.21. The highest BCUT2D eigenvalue weighted by Crippen LogP contribution is 2.47. The van der Waals surface area contributed by atoms with Crippen LogP contribution in [0.25, 0.3) is 0 Å². The van der Waals surface area contributed by atoms with E-state index >= 15 is 0 Å². The van der Waals surface area contributed by atoms with E-state index in [4.69, 9.17) is 9.47 Å². The summed E-state index contributed by atoms with van der Waals surface area (Å²) in [6, 6.07) is 8.25. The first-order chi connectivity index (χ1) is 10.6. The second-order valence-electron chi connectivity index (χ2n) is 6.35. The molecular formula is C18H25NO3. The summed E-state index contributed by atoms with van der Waals surface area (Å²) < 4.78 is 11.8. The van der Waals surface area contributed by atoms with Gasteiger partial charge in [-0.1, -0.05) is 31.9 Å². The first kappa shape index (κ1) is 15.3. The van der Waals surface area contributed by atoms with Crippen molar-refractivity contribution in [1.82, 2.24) is 4.90 Å². The fourth-order valence-electron chi connectivity index (χ4n) is 4.00. The Morgan fingerprint density at radius 3 is 2.95 bits per heavy atom. The zero-order valence-corrected chi connectivity index (χ0v) is 13.7. The standard InChI is InChI=1S/C18H25NO3/c1-4-15-17(20)19(2)16-10-5-6-11-18(16,22-15)13-8-7-9-14(12-13)21-3/h7-9,12,15-16H,4-6,10-11H2,1-3H3/t15?,16?,18-/m0/s1. The van der Waals surface area contributed by atoms with E-state index in [1.807, 2.05) is 31.0 Å². The van der Waals surface area contributed by atoms with E-state index in [-0.39, 0.29) is 18.1 Å². The third kappa shape index (κ3) is 2.30. The Morgan fingerprint density at radius 2 is 2.23 bits per heavy atom. The van der Waals surface area contributed by atoms with Gasteiger partial charge in [-0.15, -0.1) is 0 Å². The van der Waals surface area contributed by atoms with Crippen LogP contribution >= 0.6 is 0 Å². The van der Waals surface area contributed by atoms with Crippen LogP contribution in [0.15, 0.2) is 24.3 Å². The molecule has 0 N–H and O–H groups in total. The molecule has 0 bridgehead atoms. The Kier molecular flexibility index (Phi) is 4.13. The van der Waals surface area contributed by atoms with Crippen molar-refractivity contribution in [2.24, 2.45) is 0 Å². The molecule has 1 heterocycles. The van der Waals surface area contributed by atoms with E-state index in [0.29, 0.717) is 6.42 Å². The predicted octanol–water partition coefficient (Wildman–Crippen LogP) is 3.10. The van der Waals surface area contributed by atoms with Crippen LogP contribution < -0.4 is 4.74 Å². The van der Waals surface area contributed by atoms with E-state index in [9.17, 15) is 4.79 Å². The quantitative estimate of drug-likeness (QED) is 0.861. The van der Waals surface area contributed by atoms with E-state index in [1.54, 1.807) is 7.11 Å². The molecule has 3 rings (SSSR count). The van der Waals surface area contributed by atoms with Crippen molar-refractivity contribution < 1.29 is 14.3 Å². The molecule has 22 heavy (non-hydrogen) atoms. The number of carbonyl (C=O) groups excluding carboxylic acids is 1. The number of benzene rings is 1. The van der Waals surface area contributed by atoms with Gasteiger partial charge in [-0.25, -0.2) is 0 Å². The molecular weight excluding hydrogens is 278 g/mol. The van der Waals surface area contributed by atoms with Gasteiger partial charge in [0, 0.05) is 7.05 Å². The van der Waals surface area contributed by atoms with Crippen LogP contribution in [-0.4, -0.2) is 37.1 Å². The van der Waals surface area contributed by atoms with Crippen LogP contribution in [0.2, 0.25) is 0 Å². The molecule has 2 fully saturated rings. The van der Waals surface area contributed by atoms with Crippen molar-refractivity contribution in [3.8, 4) is 5.75 Å². The molecule has 4 nitrogen and oxygen atoms in total. The fraction of sp³-hybridized carbons (Fsp3) is 0.611. The number of fused-ring (bicyclic) bond motifs is 1. The molecule has 2 aliphatic rings. The van der Waals surface area contributed by atoms with Crippen molar-refractivity contribution in [3.05, 3.63) is 29.8 Å². The molecule has 4 heteroatoms. The third-order valence-corrected chi connectivity index (χ3v) is 5.19. The van der Waals surface area contributed by atoms with Crippen LogP contribution in [0.3, 0.4) is 0 Å². The number of carbonyl (C=O) groups is 1. The van der Waals surface area contributed by atoms with Crippen LogP contribution in [0, 0.1) is 0 Å². The van der Waals surface area contributed by atoms with Gasteiger partial charge >= 0.3 is 0 Å². The lowest BCUT2D eigenvalue weighted by molar-refractivity contribution is -0.210. The zero-order chi connectivity index (χ0) is 15.7. The number of methoxy groups -OCH3 is 1. The molecule has 2 unspecified atom stereocenters. The molecule has 1 aliphatic heterocycles. The highest BCUT2D eigenvalue weighted by Gasteiger charge is 2.52. The summed E-state index contributed by atoms with van der Waals surface area (Å²) in [5.41, 5.74) is 0.741. The Hall–Kier alpha value is -1.55. The summed E-state index contributed by atoms with van der Waals surface area (Å²) in [6.45, 7) is 2.01. The minimum Gasteiger partial charge on any atom is -0.497 e. The average molecular weight is 303 g/mol. The van der Waals surface area contributed by atoms with Crippen molar-refractivity contribution in [2.75, 3.05) is 14.2 Å². The summed E-state index contributed by atoms with van der Waals surface area (Å²) in [4.78, 5) is 14.4. The van der Waals surface area contributed by atoms with E-state index in [2.05, 4.69) is 12.1 Å². The maximum absolute atomic E-state index is 12.5. The minimum atomic E-state index is -0.393. The molecule has 1 aliphatic carbocycles. The summed E-state index contributed by atoms with van der Waals surface area (Å²) in [7, 11) is 3.61. The van der Waals surface area contributed by atoms with Gasteiger partial charge < -0.3 is 14.4 Å². The number of ether oxygens (including phenoxy) is 2. The predicted molar refractivity (Wildman–Crippen MR) is 84.9 cm³/mol. The maximum atomic E-state index is 12.5. The summed E-state index contributed by atoms with van der Waals surface area (Å²) in [5.74, 6) is 0.959. The van der Waals surface area contributed by atoms with Gasteiger partial charge in [-0.2, -0.15) is 0 Å². The number of hydrogen-bond donors (Lipinski definition) is 0. The lowest BCUT2D eigenvalue weighted by atomic mass is 9.73. The molecule has 1 aromatic rings. The largest absolute Gasteiger partial charge is 0.497 e. The van der Waals surface area contributed by atoms with Gasteiger partial charge in [0.15, 0.2) is 0 Å². The van der Waals surface area contributed by atoms with Gasteiger partial charge in [-0.3, -0.25) is 4.79 Å². The van der Waals surface area contributed by atoms with Gasteiger partial charge in [-0.05, 0) is 37.0 Å². The number of rotatable bonds is 3. The maximum Gasteiger partial charge on any atom is 0.251 e. The van der Waals surface area contributed by atoms with Gasteiger partial charge in [0.05, 0.1) is 13.2 Å². The third-order valence-electron chi connectivity index (χ3n) is 5.19. The van der Waals surface area contributed by atoms with E-state index in [1.165, 1.54) is 0 Å². The number of likely N-dealkylation sites (N-methyl/N-ethyl adjacent to an activating group) is 1. The van der Waals surface area contributed by atoms with Crippen molar-refractivity contribution in [2.45, 2.75) is 56.8 Å². The lowest BCUT2D eigenvalue weighted by Crippen LogP contribution is -2.63. The smallest absolute Gasteiger partial charge is 0.251 e. The first-order valence-corrected chi connectivity index (χ1v) is 8.21. The summed E-state index contributed by atoms with van der Waals surface area (Å²) in [6.07, 6.45) is 4.60. The second kappa shape index (κ2) is 5.92. The molecule has 3 atom stereocenters. The summed E-state index contributed by atoms with van der Waals surface area (Å²) >= 11 is 0. The molecule has 120 valence electrons. The van der Waals surface area contributed by atoms with Gasteiger partial charge in [0.2, 0.25) is 0 Å². The fourth-order valence-corrected chi connectivity index (χ4v) is 4.00. The second-order valence-corrected chi connectivity index (χ2v) is 6.35. The van der Waals surface area contributed by atoms with Gasteiger partial charge in [0.25, 0.3) is 5.91 Å². The highest BCUT2D eigenvalue weighted by molar-refractivity contribution is 5.82. The van der Waals surface area contributed by atoms with E-state index in [0.717, 1.165) is 37.0 Å². The molecule has 1 amide bonds. The molecule has 0 aromatic heterocycles. The number of nitrogens with zero attached hydrogens (tertiary/aromatic N) is 1. The lowest BCUT2D eigenvalue weighted by Gasteiger charge is -2.53. The Balaban J connectivity index is 2.07. The van der Waals surface area contributed by atoms with Crippen molar-refractivity contribution in [1.29, 1.82) is 0 Å². The minimum absolute atomic E-state index is 0.114. The monoisotopic (exact) mass is 303 g/mol. The van der Waals surface area contributed by atoms with Crippen LogP contribution in [0.4, 0.5) is 0 Å². The topological polar surface area (TPSA) is 38.8 Å². The molecule has 1 saturated carbocycles. The SMILES string of the molecule is CCC1O[C@]2(c3cccc(OC)c3)CCCCC2N(C)C1=O. The summed E-state index contributed by atoms with van der Waals surface area (Å²) in [5, 5.41) is 0. The normalized spacial score (nSPS) is 31.8. The van der Waals surface area contributed by atoms with E-state index < -0.39 is 5.60 Å². The highest BCUT2D eigenvalue weighted by atomic mass is 16.5. The Morgan fingerprint density at radius 1 is 1.41 bits per heavy atom. The van der Waals surface area contributed by atoms with Gasteiger partial charge in [0.1, 0.15) is 17.5 Å². The molecule has 0 radical (unpaired) electrons. The molecule has 1 aromatic carbocycles. The number of morpholine rings is 1. The average Bonchev–Trinajstić information content (AvgIpc) is 2.58. The van der Waals surface area contributed by atoms with Crippen molar-refractivity contribution in [3.63, 3.8) is 0 Å². The Labute approximate surface area is 132 Å². The molecule has 1 saturated heterocycles. The van der Waals surface area contributed by atoms with Crippen molar-refractivity contribution >= 4 is 5.91 Å². The number of hydrogen-bond acceptors (Lipinski definition) is 3.